The number of piperidine rings is 1. The highest BCUT2D eigenvalue weighted by Crippen LogP contribution is 2.27. The summed E-state index contributed by atoms with van der Waals surface area (Å²) in [6.07, 6.45) is 3.16. The van der Waals surface area contributed by atoms with E-state index in [2.05, 4.69) is 16.8 Å². The van der Waals surface area contributed by atoms with Crippen LogP contribution >= 0.6 is 22.9 Å². The largest absolute Gasteiger partial charge is 0.381 e. The van der Waals surface area contributed by atoms with Crippen molar-refractivity contribution in [2.24, 2.45) is 5.92 Å². The highest BCUT2D eigenvalue weighted by Gasteiger charge is 2.31. The van der Waals surface area contributed by atoms with Crippen molar-refractivity contribution in [2.45, 2.75) is 25.3 Å². The van der Waals surface area contributed by atoms with Crippen LogP contribution in [0.15, 0.2) is 12.1 Å². The second kappa shape index (κ2) is 7.30. The Hall–Kier alpha value is -0.620. The number of nitrogens with zero attached hydrogens (tertiary/aromatic N) is 2. The number of thiophene rings is 1. The molecule has 2 aliphatic heterocycles. The molecule has 0 aliphatic carbocycles. The fraction of sp³-hybridized carbons (Fsp3) is 0.688. The third kappa shape index (κ3) is 3.82. The molecular weight excluding hydrogens is 320 g/mol. The Kier molecular flexibility index (Phi) is 5.39. The molecule has 0 bridgehead atoms. The number of carbonyl (C=O) groups excluding carboxylic acids is 1. The van der Waals surface area contributed by atoms with E-state index in [9.17, 15) is 4.79 Å². The molecule has 2 saturated heterocycles. The van der Waals surface area contributed by atoms with Crippen molar-refractivity contribution in [1.29, 1.82) is 0 Å². The lowest BCUT2D eigenvalue weighted by atomic mass is 10.0. The van der Waals surface area contributed by atoms with Gasteiger partial charge in [-0.1, -0.05) is 11.6 Å². The van der Waals surface area contributed by atoms with Crippen molar-refractivity contribution in [1.82, 2.24) is 9.80 Å². The predicted octanol–water partition coefficient (Wildman–Crippen LogP) is 2.97. The van der Waals surface area contributed by atoms with Gasteiger partial charge in [0.15, 0.2) is 0 Å². The van der Waals surface area contributed by atoms with E-state index >= 15 is 0 Å². The number of ether oxygens (including phenoxy) is 1. The molecule has 1 unspecified atom stereocenters. The van der Waals surface area contributed by atoms with Gasteiger partial charge in [0.1, 0.15) is 0 Å². The van der Waals surface area contributed by atoms with E-state index in [0.29, 0.717) is 16.3 Å². The molecule has 0 N–H and O–H groups in total. The first kappa shape index (κ1) is 16.2. The summed E-state index contributed by atoms with van der Waals surface area (Å²) < 4.78 is 6.16. The van der Waals surface area contributed by atoms with Gasteiger partial charge < -0.3 is 14.5 Å². The zero-order valence-corrected chi connectivity index (χ0v) is 14.5. The fourth-order valence-corrected chi connectivity index (χ4v) is 4.28. The first-order valence-corrected chi connectivity index (χ1v) is 9.15. The summed E-state index contributed by atoms with van der Waals surface area (Å²) in [5.74, 6) is 0.609. The number of amides is 1. The summed E-state index contributed by atoms with van der Waals surface area (Å²) >= 11 is 7.38. The number of rotatable bonds is 4. The van der Waals surface area contributed by atoms with Crippen LogP contribution in [-0.2, 0) is 4.74 Å². The molecule has 0 aromatic carbocycles. The second-order valence-electron chi connectivity index (χ2n) is 6.33. The molecular formula is C16H23ClN2O2S. The molecule has 4 nitrogen and oxygen atoms in total. The molecule has 1 aromatic heterocycles. The van der Waals surface area contributed by atoms with E-state index in [1.807, 2.05) is 12.1 Å². The molecule has 0 saturated carbocycles. The van der Waals surface area contributed by atoms with E-state index in [-0.39, 0.29) is 5.91 Å². The van der Waals surface area contributed by atoms with Crippen molar-refractivity contribution >= 4 is 28.8 Å². The van der Waals surface area contributed by atoms with E-state index in [0.717, 1.165) is 57.0 Å². The molecule has 3 heterocycles. The quantitative estimate of drug-likeness (QED) is 0.843. The molecule has 22 heavy (non-hydrogen) atoms. The van der Waals surface area contributed by atoms with Crippen LogP contribution in [0.3, 0.4) is 0 Å². The first-order valence-electron chi connectivity index (χ1n) is 7.96. The number of likely N-dealkylation sites (tertiary alicyclic amines) is 1. The van der Waals surface area contributed by atoms with Crippen LogP contribution in [-0.4, -0.2) is 61.6 Å². The Morgan fingerprint density at radius 3 is 2.77 bits per heavy atom. The van der Waals surface area contributed by atoms with Gasteiger partial charge in [-0.2, -0.15) is 0 Å². The topological polar surface area (TPSA) is 32.8 Å². The molecule has 1 amide bonds. The lowest BCUT2D eigenvalue weighted by Crippen LogP contribution is -2.48. The van der Waals surface area contributed by atoms with Gasteiger partial charge >= 0.3 is 0 Å². The van der Waals surface area contributed by atoms with Crippen LogP contribution in [0.25, 0.3) is 0 Å². The Balaban J connectivity index is 1.73. The lowest BCUT2D eigenvalue weighted by Gasteiger charge is -2.38. The van der Waals surface area contributed by atoms with E-state index in [1.165, 1.54) is 11.3 Å². The molecule has 0 radical (unpaired) electrons. The van der Waals surface area contributed by atoms with E-state index in [4.69, 9.17) is 16.3 Å². The zero-order chi connectivity index (χ0) is 15.5. The Morgan fingerprint density at radius 2 is 2.18 bits per heavy atom. The molecule has 1 aromatic rings. The molecule has 6 heteroatoms. The summed E-state index contributed by atoms with van der Waals surface area (Å²) in [5.41, 5.74) is 0. The van der Waals surface area contributed by atoms with Crippen LogP contribution in [0.2, 0.25) is 4.34 Å². The van der Waals surface area contributed by atoms with Crippen molar-refractivity contribution in [3.05, 3.63) is 21.3 Å². The predicted molar refractivity (Wildman–Crippen MR) is 89.8 cm³/mol. The molecule has 2 fully saturated rings. The average molecular weight is 343 g/mol. The monoisotopic (exact) mass is 342 g/mol. The highest BCUT2D eigenvalue weighted by molar-refractivity contribution is 7.17. The van der Waals surface area contributed by atoms with E-state index < -0.39 is 0 Å². The molecule has 3 rings (SSSR count). The van der Waals surface area contributed by atoms with Crippen LogP contribution < -0.4 is 0 Å². The van der Waals surface area contributed by atoms with Crippen molar-refractivity contribution in [3.63, 3.8) is 0 Å². The van der Waals surface area contributed by atoms with Crippen molar-refractivity contribution in [2.75, 3.05) is 39.9 Å². The second-order valence-corrected chi connectivity index (χ2v) is 8.04. The maximum absolute atomic E-state index is 13.0. The molecule has 1 atom stereocenters. The number of carbonyl (C=O) groups is 1. The van der Waals surface area contributed by atoms with Gasteiger partial charge in [0, 0.05) is 25.1 Å². The van der Waals surface area contributed by atoms with Gasteiger partial charge in [-0.15, -0.1) is 11.3 Å². The van der Waals surface area contributed by atoms with E-state index in [1.54, 1.807) is 0 Å². The SMILES string of the molecule is CN1CCC(N(CC2CCOC2)C(=O)c2ccc(Cl)s2)CC1. The smallest absolute Gasteiger partial charge is 0.264 e. The first-order chi connectivity index (χ1) is 10.6. The van der Waals surface area contributed by atoms with Crippen LogP contribution in [0.5, 0.6) is 0 Å². The minimum Gasteiger partial charge on any atom is -0.381 e. The Morgan fingerprint density at radius 1 is 1.41 bits per heavy atom. The third-order valence-electron chi connectivity index (χ3n) is 4.65. The summed E-state index contributed by atoms with van der Waals surface area (Å²) in [7, 11) is 2.15. The summed E-state index contributed by atoms with van der Waals surface area (Å²) in [5, 5.41) is 0. The molecule has 2 aliphatic rings. The highest BCUT2D eigenvalue weighted by atomic mass is 35.5. The number of halogens is 1. The minimum atomic E-state index is 0.137. The fourth-order valence-electron chi connectivity index (χ4n) is 3.28. The zero-order valence-electron chi connectivity index (χ0n) is 13.0. The van der Waals surface area contributed by atoms with Crippen molar-refractivity contribution < 1.29 is 9.53 Å². The van der Waals surface area contributed by atoms with Crippen LogP contribution in [0.4, 0.5) is 0 Å². The van der Waals surface area contributed by atoms with Gasteiger partial charge in [0.2, 0.25) is 0 Å². The summed E-state index contributed by atoms with van der Waals surface area (Å²) in [6, 6.07) is 4.00. The van der Waals surface area contributed by atoms with Crippen LogP contribution in [0, 0.1) is 5.92 Å². The van der Waals surface area contributed by atoms with Crippen molar-refractivity contribution in [3.8, 4) is 0 Å². The maximum Gasteiger partial charge on any atom is 0.264 e. The van der Waals surface area contributed by atoms with Crippen LogP contribution in [0.1, 0.15) is 28.9 Å². The average Bonchev–Trinajstić information content (AvgIpc) is 3.17. The van der Waals surface area contributed by atoms with Gasteiger partial charge in [-0.05, 0) is 51.5 Å². The Bertz CT molecular complexity index is 508. The lowest BCUT2D eigenvalue weighted by molar-refractivity contribution is 0.0541. The Labute approximate surface area is 141 Å². The summed E-state index contributed by atoms with van der Waals surface area (Å²) in [6.45, 7) is 4.52. The number of hydrogen-bond acceptors (Lipinski definition) is 4. The van der Waals surface area contributed by atoms with Gasteiger partial charge in [-0.3, -0.25) is 4.79 Å². The maximum atomic E-state index is 13.0. The third-order valence-corrected chi connectivity index (χ3v) is 5.87. The van der Waals surface area contributed by atoms with Gasteiger partial charge in [-0.25, -0.2) is 0 Å². The standard InChI is InChI=1S/C16H23ClN2O2S/c1-18-7-4-13(5-8-18)19(10-12-6-9-21-11-12)16(20)14-2-3-15(17)22-14/h2-3,12-13H,4-11H2,1H3. The molecule has 122 valence electrons. The normalized spacial score (nSPS) is 23.8. The molecule has 0 spiro atoms. The van der Waals surface area contributed by atoms with Gasteiger partial charge in [0.05, 0.1) is 15.8 Å². The van der Waals surface area contributed by atoms with Gasteiger partial charge in [0.25, 0.3) is 5.91 Å². The minimum absolute atomic E-state index is 0.137. The number of hydrogen-bond donors (Lipinski definition) is 0. The summed E-state index contributed by atoms with van der Waals surface area (Å²) in [4.78, 5) is 18.1.